The SMILES string of the molecule is CC(=O)OC1CCC2(C)C3CCC4(C)C(=O)CCC4C3CC(OC(C)=O)C2(O)C1. The Labute approximate surface area is 172 Å². The number of carbonyl (C=O) groups excluding carboxylic acids is 3. The third-order valence-electron chi connectivity index (χ3n) is 9.14. The molecule has 0 saturated heterocycles. The number of ether oxygens (including phenoxy) is 2. The molecule has 8 atom stereocenters. The molecule has 0 aromatic carbocycles. The van der Waals surface area contributed by atoms with E-state index in [0.29, 0.717) is 37.4 Å². The van der Waals surface area contributed by atoms with Crippen molar-refractivity contribution in [3.63, 3.8) is 0 Å². The van der Waals surface area contributed by atoms with Gasteiger partial charge in [0.15, 0.2) is 0 Å². The number of carbonyl (C=O) groups is 3. The molecule has 8 unspecified atom stereocenters. The van der Waals surface area contributed by atoms with Crippen LogP contribution in [0.4, 0.5) is 0 Å². The van der Waals surface area contributed by atoms with E-state index in [1.807, 2.05) is 0 Å². The second kappa shape index (κ2) is 6.79. The number of Topliss-reactive ketones (excluding diaryl/α,β-unsaturated/α-hetero) is 1. The number of hydrogen-bond donors (Lipinski definition) is 1. The first-order chi connectivity index (χ1) is 13.5. The fourth-order valence-corrected chi connectivity index (χ4v) is 7.67. The molecule has 0 spiro atoms. The van der Waals surface area contributed by atoms with Gasteiger partial charge in [0.25, 0.3) is 0 Å². The minimum atomic E-state index is -1.23. The van der Waals surface area contributed by atoms with Crippen LogP contribution in [0.5, 0.6) is 0 Å². The summed E-state index contributed by atoms with van der Waals surface area (Å²) in [5.74, 6) is 0.452. The van der Waals surface area contributed by atoms with Gasteiger partial charge in [-0.3, -0.25) is 14.4 Å². The van der Waals surface area contributed by atoms with Gasteiger partial charge in [-0.25, -0.2) is 0 Å². The number of rotatable bonds is 2. The van der Waals surface area contributed by atoms with Crippen LogP contribution in [0.25, 0.3) is 0 Å². The van der Waals surface area contributed by atoms with Crippen LogP contribution in [0.2, 0.25) is 0 Å². The Morgan fingerprint density at radius 1 is 1.00 bits per heavy atom. The highest BCUT2D eigenvalue weighted by Gasteiger charge is 2.68. The molecule has 0 bridgehead atoms. The Hall–Kier alpha value is -1.43. The number of hydrogen-bond acceptors (Lipinski definition) is 6. The molecule has 4 rings (SSSR count). The monoisotopic (exact) mass is 406 g/mol. The maximum absolute atomic E-state index is 12.7. The molecule has 162 valence electrons. The van der Waals surface area contributed by atoms with Crippen molar-refractivity contribution >= 4 is 17.7 Å². The van der Waals surface area contributed by atoms with E-state index >= 15 is 0 Å². The predicted octanol–water partition coefficient (Wildman–Crippen LogP) is 3.19. The van der Waals surface area contributed by atoms with E-state index in [0.717, 1.165) is 25.7 Å². The van der Waals surface area contributed by atoms with E-state index in [9.17, 15) is 19.5 Å². The lowest BCUT2D eigenvalue weighted by Crippen LogP contribution is -2.69. The molecule has 0 heterocycles. The average molecular weight is 407 g/mol. The van der Waals surface area contributed by atoms with Crippen LogP contribution >= 0.6 is 0 Å². The molecule has 0 aromatic rings. The van der Waals surface area contributed by atoms with Gasteiger partial charge >= 0.3 is 11.9 Å². The largest absolute Gasteiger partial charge is 0.462 e. The molecule has 0 amide bonds. The van der Waals surface area contributed by atoms with Crippen LogP contribution in [-0.4, -0.2) is 40.6 Å². The summed E-state index contributed by atoms with van der Waals surface area (Å²) in [5, 5.41) is 12.0. The molecule has 4 saturated carbocycles. The van der Waals surface area contributed by atoms with Crippen LogP contribution in [-0.2, 0) is 23.9 Å². The number of ketones is 1. The summed E-state index contributed by atoms with van der Waals surface area (Å²) in [7, 11) is 0. The summed E-state index contributed by atoms with van der Waals surface area (Å²) in [6.45, 7) is 7.01. The van der Waals surface area contributed by atoms with Crippen molar-refractivity contribution in [2.75, 3.05) is 0 Å². The molecule has 1 N–H and O–H groups in total. The van der Waals surface area contributed by atoms with Gasteiger partial charge in [-0.2, -0.15) is 0 Å². The second-order valence-electron chi connectivity index (χ2n) is 10.4. The van der Waals surface area contributed by atoms with Crippen molar-refractivity contribution in [1.82, 2.24) is 0 Å². The first-order valence-corrected chi connectivity index (χ1v) is 11.1. The third kappa shape index (κ3) is 2.96. The first-order valence-electron chi connectivity index (χ1n) is 11.1. The molecule has 6 heteroatoms. The zero-order valence-corrected chi connectivity index (χ0v) is 18.0. The standard InChI is InChI=1S/C23H34O6/c1-13(24)28-15-7-10-22(4)18-8-9-21(3)17(5-6-19(21)26)16(18)11-20(29-14(2)25)23(22,27)12-15/h15-18,20,27H,5-12H2,1-4H3. The Kier molecular flexibility index (Phi) is 4.88. The van der Waals surface area contributed by atoms with Gasteiger partial charge in [-0.15, -0.1) is 0 Å². The molecular weight excluding hydrogens is 372 g/mol. The highest BCUT2D eigenvalue weighted by Crippen LogP contribution is 2.67. The van der Waals surface area contributed by atoms with Gasteiger partial charge < -0.3 is 14.6 Å². The van der Waals surface area contributed by atoms with E-state index in [2.05, 4.69) is 13.8 Å². The summed E-state index contributed by atoms with van der Waals surface area (Å²) in [6, 6.07) is 0. The van der Waals surface area contributed by atoms with Crippen molar-refractivity contribution in [1.29, 1.82) is 0 Å². The third-order valence-corrected chi connectivity index (χ3v) is 9.14. The highest BCUT2D eigenvalue weighted by molar-refractivity contribution is 5.87. The van der Waals surface area contributed by atoms with Gasteiger partial charge in [-0.05, 0) is 56.3 Å². The lowest BCUT2D eigenvalue weighted by Gasteiger charge is -2.65. The lowest BCUT2D eigenvalue weighted by molar-refractivity contribution is -0.269. The lowest BCUT2D eigenvalue weighted by atomic mass is 9.43. The quantitative estimate of drug-likeness (QED) is 0.709. The van der Waals surface area contributed by atoms with Gasteiger partial charge in [0.2, 0.25) is 0 Å². The van der Waals surface area contributed by atoms with Gasteiger partial charge in [-0.1, -0.05) is 13.8 Å². The number of fused-ring (bicyclic) bond motifs is 5. The summed E-state index contributed by atoms with van der Waals surface area (Å²) >= 11 is 0. The van der Waals surface area contributed by atoms with Crippen molar-refractivity contribution in [3.8, 4) is 0 Å². The molecule has 29 heavy (non-hydrogen) atoms. The van der Waals surface area contributed by atoms with Crippen LogP contribution in [0.1, 0.15) is 79.1 Å². The van der Waals surface area contributed by atoms with E-state index in [1.165, 1.54) is 13.8 Å². The zero-order chi connectivity index (χ0) is 21.2. The van der Waals surface area contributed by atoms with Crippen molar-refractivity contribution in [3.05, 3.63) is 0 Å². The molecule has 6 nitrogen and oxygen atoms in total. The second-order valence-corrected chi connectivity index (χ2v) is 10.4. The number of esters is 2. The maximum Gasteiger partial charge on any atom is 0.303 e. The minimum Gasteiger partial charge on any atom is -0.462 e. The Morgan fingerprint density at radius 2 is 1.69 bits per heavy atom. The van der Waals surface area contributed by atoms with Gasteiger partial charge in [0.05, 0.1) is 0 Å². The summed E-state index contributed by atoms with van der Waals surface area (Å²) < 4.78 is 11.2. The molecule has 0 aliphatic heterocycles. The van der Waals surface area contributed by atoms with Crippen LogP contribution in [0, 0.1) is 28.6 Å². The Bertz CT molecular complexity index is 733. The van der Waals surface area contributed by atoms with E-state index in [4.69, 9.17) is 9.47 Å². The summed E-state index contributed by atoms with van der Waals surface area (Å²) in [5.41, 5.74) is -1.93. The minimum absolute atomic E-state index is 0.264. The molecule has 4 aliphatic carbocycles. The molecule has 4 aliphatic rings. The van der Waals surface area contributed by atoms with Crippen molar-refractivity contribution in [2.45, 2.75) is 96.9 Å². The van der Waals surface area contributed by atoms with E-state index in [1.54, 1.807) is 0 Å². The van der Waals surface area contributed by atoms with Crippen molar-refractivity contribution in [2.24, 2.45) is 28.6 Å². The summed E-state index contributed by atoms with van der Waals surface area (Å²) in [4.78, 5) is 36.1. The number of aliphatic hydroxyl groups is 1. The van der Waals surface area contributed by atoms with E-state index in [-0.39, 0.29) is 29.3 Å². The molecule has 0 radical (unpaired) electrons. The molecule has 4 fully saturated rings. The van der Waals surface area contributed by atoms with Crippen LogP contribution in [0.3, 0.4) is 0 Å². The average Bonchev–Trinajstić information content (AvgIpc) is 2.92. The Balaban J connectivity index is 1.71. The summed E-state index contributed by atoms with van der Waals surface area (Å²) in [6.07, 6.45) is 4.62. The predicted molar refractivity (Wildman–Crippen MR) is 105 cm³/mol. The van der Waals surface area contributed by atoms with Crippen LogP contribution < -0.4 is 0 Å². The Morgan fingerprint density at radius 3 is 2.34 bits per heavy atom. The fraction of sp³-hybridized carbons (Fsp3) is 0.870. The first kappa shape index (κ1) is 20.8. The zero-order valence-electron chi connectivity index (χ0n) is 18.0. The van der Waals surface area contributed by atoms with E-state index < -0.39 is 23.1 Å². The normalized spacial score (nSPS) is 48.9. The van der Waals surface area contributed by atoms with Crippen LogP contribution in [0.15, 0.2) is 0 Å². The highest BCUT2D eigenvalue weighted by atomic mass is 16.6. The molecular formula is C23H34O6. The smallest absolute Gasteiger partial charge is 0.303 e. The maximum atomic E-state index is 12.7. The van der Waals surface area contributed by atoms with Gasteiger partial charge in [0, 0.05) is 37.5 Å². The fourth-order valence-electron chi connectivity index (χ4n) is 7.67. The van der Waals surface area contributed by atoms with Crippen molar-refractivity contribution < 1.29 is 29.0 Å². The van der Waals surface area contributed by atoms with Gasteiger partial charge in [0.1, 0.15) is 23.6 Å². The topological polar surface area (TPSA) is 89.9 Å². The molecule has 0 aromatic heterocycles.